The van der Waals surface area contributed by atoms with Gasteiger partial charge in [-0.1, -0.05) is 13.8 Å². The predicted octanol–water partition coefficient (Wildman–Crippen LogP) is -0.380. The Hall–Kier alpha value is -0.690. The van der Waals surface area contributed by atoms with Gasteiger partial charge in [-0.25, -0.2) is 0 Å². The Morgan fingerprint density at radius 2 is 1.35 bits per heavy atom. The molecule has 0 atom stereocenters. The van der Waals surface area contributed by atoms with Crippen LogP contribution < -0.4 is 5.32 Å². The molecule has 0 amide bonds. The Balaban J connectivity index is 2.51. The zero-order chi connectivity index (χ0) is 14.8. The lowest BCUT2D eigenvalue weighted by molar-refractivity contribution is -0.138. The summed E-state index contributed by atoms with van der Waals surface area (Å²) in [5, 5.41) is 12.4. The number of carboxylic acids is 1. The van der Waals surface area contributed by atoms with Gasteiger partial charge in [-0.3, -0.25) is 9.69 Å². The third-order valence-corrected chi connectivity index (χ3v) is 3.93. The van der Waals surface area contributed by atoms with Crippen LogP contribution in [0.4, 0.5) is 0 Å². The average Bonchev–Trinajstić information content (AvgIpc) is 2.41. The molecule has 0 aromatic carbocycles. The maximum atomic E-state index is 10.9. The number of carboxylic acid groups (broad SMARTS) is 1. The first kappa shape index (κ1) is 17.4. The molecule has 0 spiro atoms. The van der Waals surface area contributed by atoms with E-state index in [0.29, 0.717) is 0 Å². The van der Waals surface area contributed by atoms with Crippen LogP contribution in [0, 0.1) is 0 Å². The quantitative estimate of drug-likeness (QED) is 0.735. The van der Waals surface area contributed by atoms with E-state index in [0.717, 1.165) is 65.4 Å². The highest BCUT2D eigenvalue weighted by Crippen LogP contribution is 1.96. The number of carbonyl (C=O) groups is 1. The van der Waals surface area contributed by atoms with E-state index in [2.05, 4.69) is 29.0 Å². The summed E-state index contributed by atoms with van der Waals surface area (Å²) in [6.45, 7) is 14.2. The molecule has 0 bridgehead atoms. The van der Waals surface area contributed by atoms with Crippen molar-refractivity contribution in [3.63, 3.8) is 0 Å². The van der Waals surface area contributed by atoms with Crippen molar-refractivity contribution in [1.82, 2.24) is 20.0 Å². The number of aliphatic carboxylic acids is 1. The van der Waals surface area contributed by atoms with Crippen molar-refractivity contribution in [3.05, 3.63) is 0 Å². The number of likely N-dealkylation sites (N-methyl/N-ethyl adjacent to an activating group) is 2. The van der Waals surface area contributed by atoms with E-state index in [1.165, 1.54) is 0 Å². The largest absolute Gasteiger partial charge is 0.480 e. The van der Waals surface area contributed by atoms with Gasteiger partial charge in [0, 0.05) is 52.4 Å². The van der Waals surface area contributed by atoms with E-state index < -0.39 is 5.97 Å². The van der Waals surface area contributed by atoms with Gasteiger partial charge >= 0.3 is 5.97 Å². The molecule has 0 unspecified atom stereocenters. The highest BCUT2D eigenvalue weighted by molar-refractivity contribution is 5.69. The molecule has 0 aliphatic carbocycles. The smallest absolute Gasteiger partial charge is 0.317 e. The average molecular weight is 286 g/mol. The standard InChI is InChI=1S/C14H30N4O2/c1-3-16-7-5-15-6-8-18(13-14(19)20)12-11-17(4-2)10-9-16/h15H,3-13H2,1-2H3,(H,19,20). The van der Waals surface area contributed by atoms with E-state index in [1.807, 2.05) is 4.90 Å². The topological polar surface area (TPSA) is 59.1 Å². The van der Waals surface area contributed by atoms with Gasteiger partial charge in [0.15, 0.2) is 0 Å². The second kappa shape index (κ2) is 10.1. The summed E-state index contributed by atoms with van der Waals surface area (Å²) in [5.41, 5.74) is 0. The van der Waals surface area contributed by atoms with Crippen molar-refractivity contribution >= 4 is 5.97 Å². The maximum absolute atomic E-state index is 10.9. The van der Waals surface area contributed by atoms with Gasteiger partial charge in [0.2, 0.25) is 0 Å². The predicted molar refractivity (Wildman–Crippen MR) is 81.2 cm³/mol. The molecule has 0 aromatic heterocycles. The minimum absolute atomic E-state index is 0.139. The molecular formula is C14H30N4O2. The minimum Gasteiger partial charge on any atom is -0.480 e. The summed E-state index contributed by atoms with van der Waals surface area (Å²) >= 11 is 0. The third-order valence-electron chi connectivity index (χ3n) is 3.93. The number of nitrogens with one attached hydrogen (secondary N) is 1. The van der Waals surface area contributed by atoms with Gasteiger partial charge in [0.1, 0.15) is 0 Å². The van der Waals surface area contributed by atoms with Crippen LogP contribution in [0.15, 0.2) is 0 Å². The molecule has 1 aliphatic rings. The van der Waals surface area contributed by atoms with Crippen molar-refractivity contribution < 1.29 is 9.90 Å². The first-order valence-corrected chi connectivity index (χ1v) is 7.75. The molecule has 118 valence electrons. The minimum atomic E-state index is -0.739. The first-order valence-electron chi connectivity index (χ1n) is 7.75. The summed E-state index contributed by atoms with van der Waals surface area (Å²) < 4.78 is 0. The van der Waals surface area contributed by atoms with Gasteiger partial charge in [-0.2, -0.15) is 0 Å². The van der Waals surface area contributed by atoms with Crippen molar-refractivity contribution in [2.45, 2.75) is 13.8 Å². The number of rotatable bonds is 4. The van der Waals surface area contributed by atoms with E-state index in [4.69, 9.17) is 5.11 Å². The summed E-state index contributed by atoms with van der Waals surface area (Å²) in [6.07, 6.45) is 0. The molecule has 20 heavy (non-hydrogen) atoms. The summed E-state index contributed by atoms with van der Waals surface area (Å²) in [7, 11) is 0. The Kier molecular flexibility index (Phi) is 8.77. The Bertz CT molecular complexity index is 276. The van der Waals surface area contributed by atoms with Crippen molar-refractivity contribution in [3.8, 4) is 0 Å². The molecule has 0 radical (unpaired) electrons. The molecule has 0 saturated carbocycles. The first-order chi connectivity index (χ1) is 9.65. The van der Waals surface area contributed by atoms with Crippen LogP contribution in [0.25, 0.3) is 0 Å². The zero-order valence-corrected chi connectivity index (χ0v) is 13.0. The van der Waals surface area contributed by atoms with Gasteiger partial charge in [-0.15, -0.1) is 0 Å². The zero-order valence-electron chi connectivity index (χ0n) is 13.0. The maximum Gasteiger partial charge on any atom is 0.317 e. The van der Waals surface area contributed by atoms with Crippen LogP contribution in [-0.4, -0.2) is 97.8 Å². The van der Waals surface area contributed by atoms with E-state index in [-0.39, 0.29) is 6.54 Å². The van der Waals surface area contributed by atoms with Gasteiger partial charge < -0.3 is 20.2 Å². The second-order valence-corrected chi connectivity index (χ2v) is 5.29. The molecule has 1 rings (SSSR count). The van der Waals surface area contributed by atoms with E-state index >= 15 is 0 Å². The fraction of sp³-hybridized carbons (Fsp3) is 0.929. The normalized spacial score (nSPS) is 22.1. The van der Waals surface area contributed by atoms with Gasteiger partial charge in [-0.05, 0) is 13.1 Å². The Labute approximate surface area is 122 Å². The molecule has 6 nitrogen and oxygen atoms in total. The molecule has 0 aromatic rings. The summed E-state index contributed by atoms with van der Waals surface area (Å²) in [6, 6.07) is 0. The number of hydrogen-bond acceptors (Lipinski definition) is 5. The van der Waals surface area contributed by atoms with Crippen molar-refractivity contribution in [1.29, 1.82) is 0 Å². The van der Waals surface area contributed by atoms with Crippen LogP contribution in [-0.2, 0) is 4.79 Å². The SMILES string of the molecule is CCN1CCNCCN(CC(=O)O)CCN(CC)CC1. The second-order valence-electron chi connectivity index (χ2n) is 5.29. The molecule has 1 heterocycles. The summed E-state index contributed by atoms with van der Waals surface area (Å²) in [4.78, 5) is 17.8. The summed E-state index contributed by atoms with van der Waals surface area (Å²) in [5.74, 6) is -0.739. The molecule has 2 N–H and O–H groups in total. The fourth-order valence-corrected chi connectivity index (χ4v) is 2.48. The molecule has 1 fully saturated rings. The van der Waals surface area contributed by atoms with Crippen LogP contribution in [0.5, 0.6) is 0 Å². The van der Waals surface area contributed by atoms with E-state index in [9.17, 15) is 4.79 Å². The number of hydrogen-bond donors (Lipinski definition) is 2. The van der Waals surface area contributed by atoms with E-state index in [1.54, 1.807) is 0 Å². The molecule has 1 saturated heterocycles. The van der Waals surface area contributed by atoms with Crippen LogP contribution in [0.1, 0.15) is 13.8 Å². The Morgan fingerprint density at radius 1 is 0.900 bits per heavy atom. The van der Waals surface area contributed by atoms with Crippen LogP contribution in [0.3, 0.4) is 0 Å². The number of nitrogens with zero attached hydrogens (tertiary/aromatic N) is 3. The highest BCUT2D eigenvalue weighted by atomic mass is 16.4. The highest BCUT2D eigenvalue weighted by Gasteiger charge is 2.13. The third kappa shape index (κ3) is 7.19. The molecular weight excluding hydrogens is 256 g/mol. The molecule has 6 heteroatoms. The fourth-order valence-electron chi connectivity index (χ4n) is 2.48. The lowest BCUT2D eigenvalue weighted by Crippen LogP contribution is -2.45. The lowest BCUT2D eigenvalue weighted by atomic mass is 10.3. The van der Waals surface area contributed by atoms with Crippen LogP contribution >= 0.6 is 0 Å². The molecule has 1 aliphatic heterocycles. The van der Waals surface area contributed by atoms with Crippen molar-refractivity contribution in [2.24, 2.45) is 0 Å². The van der Waals surface area contributed by atoms with Gasteiger partial charge in [0.25, 0.3) is 0 Å². The monoisotopic (exact) mass is 286 g/mol. The lowest BCUT2D eigenvalue weighted by Gasteiger charge is -2.30. The Morgan fingerprint density at radius 3 is 1.85 bits per heavy atom. The van der Waals surface area contributed by atoms with Crippen LogP contribution in [0.2, 0.25) is 0 Å². The van der Waals surface area contributed by atoms with Crippen molar-refractivity contribution in [2.75, 3.05) is 72.0 Å². The van der Waals surface area contributed by atoms with Gasteiger partial charge in [0.05, 0.1) is 6.54 Å².